The van der Waals surface area contributed by atoms with Gasteiger partial charge in [0.05, 0.1) is 5.39 Å². The van der Waals surface area contributed by atoms with Crippen molar-refractivity contribution in [2.45, 2.75) is 27.2 Å². The highest BCUT2D eigenvalue weighted by molar-refractivity contribution is 7.18. The van der Waals surface area contributed by atoms with Gasteiger partial charge in [-0.2, -0.15) is 4.98 Å². The number of anilines is 2. The topological polar surface area (TPSA) is 41.1 Å². The number of aromatic nitrogens is 2. The molecule has 0 spiro atoms. The number of thiophene rings is 1. The standard InChI is InChI=1S/C14H22N4S/c1-6-9(2)8-18(5)12-11-7-10(3)19-13(11)17-14(15-4)16-12/h7,9H,6,8H2,1-5H3,(H,15,16,17). The van der Waals surface area contributed by atoms with Crippen LogP contribution in [0.25, 0.3) is 10.2 Å². The van der Waals surface area contributed by atoms with Crippen molar-refractivity contribution in [2.24, 2.45) is 5.92 Å². The third-order valence-corrected chi connectivity index (χ3v) is 4.31. The summed E-state index contributed by atoms with van der Waals surface area (Å²) < 4.78 is 0. The first-order valence-corrected chi connectivity index (χ1v) is 7.53. The Kier molecular flexibility index (Phi) is 4.24. The van der Waals surface area contributed by atoms with Gasteiger partial charge in [-0.1, -0.05) is 20.3 Å². The summed E-state index contributed by atoms with van der Waals surface area (Å²) in [5.74, 6) is 2.38. The average Bonchev–Trinajstić information content (AvgIpc) is 2.76. The lowest BCUT2D eigenvalue weighted by atomic mass is 10.1. The average molecular weight is 278 g/mol. The number of nitrogens with zero attached hydrogens (tertiary/aromatic N) is 3. The van der Waals surface area contributed by atoms with Gasteiger partial charge in [0.25, 0.3) is 0 Å². The molecule has 0 fully saturated rings. The Balaban J connectivity index is 2.44. The molecule has 2 aromatic rings. The van der Waals surface area contributed by atoms with Crippen LogP contribution in [0.2, 0.25) is 0 Å². The van der Waals surface area contributed by atoms with Gasteiger partial charge in [-0.15, -0.1) is 11.3 Å². The molecule has 0 amide bonds. The monoisotopic (exact) mass is 278 g/mol. The third kappa shape index (κ3) is 2.97. The Morgan fingerprint density at radius 2 is 2.16 bits per heavy atom. The van der Waals surface area contributed by atoms with E-state index < -0.39 is 0 Å². The zero-order valence-electron chi connectivity index (χ0n) is 12.3. The van der Waals surface area contributed by atoms with Crippen LogP contribution in [0.3, 0.4) is 0 Å². The summed E-state index contributed by atoms with van der Waals surface area (Å²) in [4.78, 5) is 13.7. The number of hydrogen-bond donors (Lipinski definition) is 1. The van der Waals surface area contributed by atoms with E-state index in [4.69, 9.17) is 0 Å². The highest BCUT2D eigenvalue weighted by atomic mass is 32.1. The molecule has 2 rings (SSSR count). The zero-order valence-corrected chi connectivity index (χ0v) is 13.1. The lowest BCUT2D eigenvalue weighted by molar-refractivity contribution is 0.558. The molecule has 4 nitrogen and oxygen atoms in total. The molecule has 0 bridgehead atoms. The molecule has 104 valence electrons. The van der Waals surface area contributed by atoms with Gasteiger partial charge >= 0.3 is 0 Å². The molecular formula is C14H22N4S. The second-order valence-corrected chi connectivity index (χ2v) is 6.33. The number of rotatable bonds is 5. The normalized spacial score (nSPS) is 12.7. The maximum Gasteiger partial charge on any atom is 0.225 e. The summed E-state index contributed by atoms with van der Waals surface area (Å²) >= 11 is 1.72. The molecular weight excluding hydrogens is 256 g/mol. The van der Waals surface area contributed by atoms with Crippen LogP contribution in [-0.4, -0.2) is 30.6 Å². The zero-order chi connectivity index (χ0) is 14.0. The minimum absolute atomic E-state index is 0.660. The first kappa shape index (κ1) is 14.1. The van der Waals surface area contributed by atoms with Crippen molar-refractivity contribution in [1.82, 2.24) is 9.97 Å². The van der Waals surface area contributed by atoms with Gasteiger partial charge in [0.15, 0.2) is 0 Å². The fraction of sp³-hybridized carbons (Fsp3) is 0.571. The molecule has 2 aromatic heterocycles. The van der Waals surface area contributed by atoms with Crippen LogP contribution in [0.5, 0.6) is 0 Å². The fourth-order valence-electron chi connectivity index (χ4n) is 2.11. The molecule has 0 aliphatic carbocycles. The van der Waals surface area contributed by atoms with Crippen LogP contribution in [0.15, 0.2) is 6.07 Å². The lowest BCUT2D eigenvalue weighted by Crippen LogP contribution is -2.25. The number of aryl methyl sites for hydroxylation is 1. The van der Waals surface area contributed by atoms with Gasteiger partial charge in [0, 0.05) is 25.5 Å². The van der Waals surface area contributed by atoms with Crippen molar-refractivity contribution in [2.75, 3.05) is 30.9 Å². The van der Waals surface area contributed by atoms with Gasteiger partial charge in [0.1, 0.15) is 10.6 Å². The molecule has 0 aromatic carbocycles. The largest absolute Gasteiger partial charge is 0.359 e. The van der Waals surface area contributed by atoms with Crippen molar-refractivity contribution >= 4 is 33.3 Å². The molecule has 5 heteroatoms. The van der Waals surface area contributed by atoms with Crippen LogP contribution in [0.4, 0.5) is 11.8 Å². The van der Waals surface area contributed by atoms with E-state index in [1.807, 2.05) is 7.05 Å². The maximum absolute atomic E-state index is 4.63. The summed E-state index contributed by atoms with van der Waals surface area (Å²) in [6.07, 6.45) is 1.18. The molecule has 1 unspecified atom stereocenters. The van der Waals surface area contributed by atoms with Gasteiger partial charge in [-0.05, 0) is 18.9 Å². The van der Waals surface area contributed by atoms with Crippen molar-refractivity contribution in [3.05, 3.63) is 10.9 Å². The molecule has 1 atom stereocenters. The van der Waals surface area contributed by atoms with E-state index in [0.717, 1.165) is 22.6 Å². The number of hydrogen-bond acceptors (Lipinski definition) is 5. The van der Waals surface area contributed by atoms with Crippen LogP contribution in [0.1, 0.15) is 25.1 Å². The number of nitrogens with one attached hydrogen (secondary N) is 1. The Hall–Kier alpha value is -1.36. The summed E-state index contributed by atoms with van der Waals surface area (Å²) in [5.41, 5.74) is 0. The first-order valence-electron chi connectivity index (χ1n) is 6.72. The van der Waals surface area contributed by atoms with Crippen LogP contribution in [-0.2, 0) is 0 Å². The van der Waals surface area contributed by atoms with Gasteiger partial charge in [-0.3, -0.25) is 0 Å². The molecule has 0 radical (unpaired) electrons. The molecule has 0 aliphatic rings. The van der Waals surface area contributed by atoms with Gasteiger partial charge in [0.2, 0.25) is 5.95 Å². The Bertz CT molecular complexity index is 564. The summed E-state index contributed by atoms with van der Waals surface area (Å²) in [6.45, 7) is 7.62. The molecule has 0 aliphatic heterocycles. The highest BCUT2D eigenvalue weighted by Crippen LogP contribution is 2.31. The summed E-state index contributed by atoms with van der Waals surface area (Å²) in [7, 11) is 3.97. The Morgan fingerprint density at radius 1 is 1.42 bits per heavy atom. The highest BCUT2D eigenvalue weighted by Gasteiger charge is 2.14. The molecule has 19 heavy (non-hydrogen) atoms. The smallest absolute Gasteiger partial charge is 0.225 e. The predicted octanol–water partition coefficient (Wildman–Crippen LogP) is 3.52. The summed E-state index contributed by atoms with van der Waals surface area (Å²) in [5, 5.41) is 4.21. The second-order valence-electron chi connectivity index (χ2n) is 5.09. The minimum Gasteiger partial charge on any atom is -0.359 e. The molecule has 0 saturated heterocycles. The van der Waals surface area contributed by atoms with E-state index in [0.29, 0.717) is 11.9 Å². The van der Waals surface area contributed by atoms with Crippen LogP contribution in [0, 0.1) is 12.8 Å². The third-order valence-electron chi connectivity index (χ3n) is 3.36. The van der Waals surface area contributed by atoms with Crippen molar-refractivity contribution < 1.29 is 0 Å². The molecule has 2 heterocycles. The lowest BCUT2D eigenvalue weighted by Gasteiger charge is -2.22. The van der Waals surface area contributed by atoms with Crippen molar-refractivity contribution in [3.8, 4) is 0 Å². The van der Waals surface area contributed by atoms with Crippen LogP contribution < -0.4 is 10.2 Å². The van der Waals surface area contributed by atoms with E-state index in [1.54, 1.807) is 11.3 Å². The predicted molar refractivity (Wildman–Crippen MR) is 84.4 cm³/mol. The first-order chi connectivity index (χ1) is 9.05. The van der Waals surface area contributed by atoms with Gasteiger partial charge in [-0.25, -0.2) is 4.98 Å². The fourth-order valence-corrected chi connectivity index (χ4v) is 2.99. The molecule has 1 N–H and O–H groups in total. The van der Waals surface area contributed by atoms with E-state index in [9.17, 15) is 0 Å². The maximum atomic E-state index is 4.63. The van der Waals surface area contributed by atoms with E-state index >= 15 is 0 Å². The van der Waals surface area contributed by atoms with E-state index in [-0.39, 0.29) is 0 Å². The van der Waals surface area contributed by atoms with Crippen molar-refractivity contribution in [3.63, 3.8) is 0 Å². The van der Waals surface area contributed by atoms with Gasteiger partial charge < -0.3 is 10.2 Å². The van der Waals surface area contributed by atoms with E-state index in [2.05, 4.69) is 54.1 Å². The van der Waals surface area contributed by atoms with E-state index in [1.165, 1.54) is 11.3 Å². The van der Waals surface area contributed by atoms with Crippen molar-refractivity contribution in [1.29, 1.82) is 0 Å². The SMILES string of the molecule is CCC(C)CN(C)c1nc(NC)nc2sc(C)cc12. The summed E-state index contributed by atoms with van der Waals surface area (Å²) in [6, 6.07) is 2.18. The second kappa shape index (κ2) is 5.74. The quantitative estimate of drug-likeness (QED) is 0.908. The molecule has 0 saturated carbocycles. The minimum atomic E-state index is 0.660. The number of fused-ring (bicyclic) bond motifs is 1. The Labute approximate surface area is 118 Å². The Morgan fingerprint density at radius 3 is 2.79 bits per heavy atom. The van der Waals surface area contributed by atoms with Crippen LogP contribution >= 0.6 is 11.3 Å².